The van der Waals surface area contributed by atoms with Crippen LogP contribution in [0.5, 0.6) is 0 Å². The highest BCUT2D eigenvalue weighted by Crippen LogP contribution is 2.71. The lowest BCUT2D eigenvalue weighted by molar-refractivity contribution is -0.183. The summed E-state index contributed by atoms with van der Waals surface area (Å²) in [6.45, 7) is 8.01. The van der Waals surface area contributed by atoms with E-state index in [2.05, 4.69) is 17.6 Å². The molecule has 5 aliphatic rings. The van der Waals surface area contributed by atoms with Crippen molar-refractivity contribution in [3.8, 4) is 0 Å². The van der Waals surface area contributed by atoms with E-state index in [-0.39, 0.29) is 40.9 Å². The molecule has 0 spiro atoms. The Morgan fingerprint density at radius 3 is 1.53 bits per heavy atom. The van der Waals surface area contributed by atoms with Crippen LogP contribution in [0.1, 0.15) is 137 Å². The molecule has 3 saturated carbocycles. The third kappa shape index (κ3) is 3.78. The fourth-order valence-electron chi connectivity index (χ4n) is 9.74. The lowest BCUT2D eigenvalue weighted by atomic mass is 9.38. The van der Waals surface area contributed by atoms with Gasteiger partial charge in [0.25, 0.3) is 0 Å². The number of fused-ring (bicyclic) bond motifs is 2. The van der Waals surface area contributed by atoms with E-state index in [1.807, 2.05) is 20.8 Å². The van der Waals surface area contributed by atoms with E-state index in [4.69, 9.17) is 0 Å². The van der Waals surface area contributed by atoms with E-state index in [9.17, 15) is 19.2 Å². The zero-order chi connectivity index (χ0) is 27.4. The smallest absolute Gasteiger partial charge is 0.233 e. The summed E-state index contributed by atoms with van der Waals surface area (Å²) < 4.78 is 0. The summed E-state index contributed by atoms with van der Waals surface area (Å²) in [6.07, 6.45) is 19.6. The molecule has 2 heterocycles. The predicted octanol–water partition coefficient (Wildman–Crippen LogP) is 6.22. The number of nitrogens with one attached hydrogen (secondary N) is 2. The molecule has 0 bridgehead atoms. The number of rotatable bonds is 5. The van der Waals surface area contributed by atoms with Crippen molar-refractivity contribution in [1.29, 1.82) is 0 Å². The van der Waals surface area contributed by atoms with Crippen molar-refractivity contribution in [3.05, 3.63) is 0 Å². The molecule has 6 atom stereocenters. The maximum absolute atomic E-state index is 13.3. The number of hydrogen-bond donors (Lipinski definition) is 2. The molecular weight excluding hydrogens is 476 g/mol. The largest absolute Gasteiger partial charge is 0.295 e. The van der Waals surface area contributed by atoms with E-state index in [1.54, 1.807) is 0 Å². The van der Waals surface area contributed by atoms with Crippen LogP contribution >= 0.6 is 0 Å². The Morgan fingerprint density at radius 1 is 0.605 bits per heavy atom. The second-order valence-electron chi connectivity index (χ2n) is 14.6. The highest BCUT2D eigenvalue weighted by atomic mass is 16.2. The van der Waals surface area contributed by atoms with Crippen molar-refractivity contribution in [2.75, 3.05) is 0 Å². The molecular formula is C32H50N2O4. The van der Waals surface area contributed by atoms with Crippen LogP contribution in [0.4, 0.5) is 0 Å². The van der Waals surface area contributed by atoms with Crippen molar-refractivity contribution < 1.29 is 19.2 Å². The average Bonchev–Trinajstić information content (AvgIpc) is 3.10. The third-order valence-corrected chi connectivity index (χ3v) is 13.0. The molecule has 5 fully saturated rings. The summed E-state index contributed by atoms with van der Waals surface area (Å²) in [5, 5.41) is 5.31. The number of hydrogen-bond acceptors (Lipinski definition) is 4. The lowest BCUT2D eigenvalue weighted by Gasteiger charge is -2.62. The molecule has 212 valence electrons. The van der Waals surface area contributed by atoms with Crippen molar-refractivity contribution in [2.24, 2.45) is 38.9 Å². The summed E-state index contributed by atoms with van der Waals surface area (Å²) in [5.41, 5.74) is -2.33. The normalized spacial score (nSPS) is 43.4. The van der Waals surface area contributed by atoms with Gasteiger partial charge in [0.15, 0.2) is 0 Å². The first-order chi connectivity index (χ1) is 18.0. The molecule has 6 unspecified atom stereocenters. The summed E-state index contributed by atoms with van der Waals surface area (Å²) >= 11 is 0. The summed E-state index contributed by atoms with van der Waals surface area (Å²) in [6, 6.07) is 0. The minimum atomic E-state index is -0.628. The zero-order valence-corrected chi connectivity index (χ0v) is 24.3. The van der Waals surface area contributed by atoms with Crippen LogP contribution in [-0.4, -0.2) is 23.6 Å². The Morgan fingerprint density at radius 2 is 1.05 bits per heavy atom. The molecule has 0 radical (unpaired) electrons. The van der Waals surface area contributed by atoms with Crippen LogP contribution in [0.25, 0.3) is 0 Å². The maximum atomic E-state index is 13.3. The highest BCUT2D eigenvalue weighted by Gasteiger charge is 2.75. The molecule has 0 aromatic heterocycles. The molecule has 2 N–H and O–H groups in total. The van der Waals surface area contributed by atoms with Crippen molar-refractivity contribution in [2.45, 2.75) is 137 Å². The zero-order valence-electron chi connectivity index (χ0n) is 24.3. The standard InChI is InChI=1S/C32H50N2O4/c1-28-20-22(30(28,3)26(37)33-24(28)35)16-15-19-32(17-13-11-9-7-5-6-8-10-12-14-18-32)23-21-29(2)25(36)34-27(38)31(23,29)4/h22-23H,5-21H2,1-4H3,(H,33,35,37)(H,34,36,38). The van der Waals surface area contributed by atoms with Crippen molar-refractivity contribution >= 4 is 23.6 Å². The van der Waals surface area contributed by atoms with Crippen LogP contribution in [-0.2, 0) is 19.2 Å². The molecule has 0 aromatic rings. The van der Waals surface area contributed by atoms with E-state index in [1.165, 1.54) is 64.2 Å². The van der Waals surface area contributed by atoms with Gasteiger partial charge in [0.1, 0.15) is 0 Å². The quantitative estimate of drug-likeness (QED) is 0.416. The van der Waals surface area contributed by atoms with Crippen LogP contribution in [0.3, 0.4) is 0 Å². The van der Waals surface area contributed by atoms with E-state index in [0.717, 1.165) is 44.9 Å². The highest BCUT2D eigenvalue weighted by molar-refractivity contribution is 6.11. The first-order valence-electron chi connectivity index (χ1n) is 15.7. The molecule has 6 nitrogen and oxygen atoms in total. The second-order valence-corrected chi connectivity index (χ2v) is 14.6. The first-order valence-corrected chi connectivity index (χ1v) is 15.7. The summed E-state index contributed by atoms with van der Waals surface area (Å²) in [4.78, 5) is 51.4. The van der Waals surface area contributed by atoms with Gasteiger partial charge in [-0.3, -0.25) is 29.8 Å². The maximum Gasteiger partial charge on any atom is 0.233 e. The van der Waals surface area contributed by atoms with Gasteiger partial charge in [0.2, 0.25) is 23.6 Å². The molecule has 3 aliphatic carbocycles. The predicted molar refractivity (Wildman–Crippen MR) is 147 cm³/mol. The minimum absolute atomic E-state index is 0.0476. The van der Waals surface area contributed by atoms with Gasteiger partial charge in [-0.1, -0.05) is 70.6 Å². The second kappa shape index (κ2) is 9.73. The molecule has 2 aliphatic heterocycles. The monoisotopic (exact) mass is 526 g/mol. The number of carbonyl (C=O) groups excluding carboxylic acids is 4. The molecule has 0 aromatic carbocycles. The van der Waals surface area contributed by atoms with Gasteiger partial charge in [-0.2, -0.15) is 0 Å². The van der Waals surface area contributed by atoms with Gasteiger partial charge < -0.3 is 0 Å². The van der Waals surface area contributed by atoms with Gasteiger partial charge in [-0.25, -0.2) is 0 Å². The van der Waals surface area contributed by atoms with Crippen molar-refractivity contribution in [1.82, 2.24) is 10.6 Å². The molecule has 2 saturated heterocycles. The van der Waals surface area contributed by atoms with Gasteiger partial charge in [0, 0.05) is 0 Å². The Kier molecular flexibility index (Phi) is 7.13. The van der Waals surface area contributed by atoms with Crippen molar-refractivity contribution in [3.63, 3.8) is 0 Å². The lowest BCUT2D eigenvalue weighted by Crippen LogP contribution is -2.62. The SMILES string of the molecule is CC12CC(CCCC3(C4CC5(C)C(=O)NC(=O)C45C)CCCCCCCCCCCC3)C1(C)C(=O)NC2=O. The topological polar surface area (TPSA) is 92.3 Å². The van der Waals surface area contributed by atoms with Gasteiger partial charge in [-0.15, -0.1) is 0 Å². The van der Waals surface area contributed by atoms with Crippen LogP contribution in [0, 0.1) is 38.9 Å². The Labute approximate surface area is 229 Å². The van der Waals surface area contributed by atoms with Crippen LogP contribution in [0.15, 0.2) is 0 Å². The minimum Gasteiger partial charge on any atom is -0.295 e. The Hall–Kier alpha value is -1.72. The fourth-order valence-corrected chi connectivity index (χ4v) is 9.74. The molecule has 38 heavy (non-hydrogen) atoms. The van der Waals surface area contributed by atoms with E-state index >= 15 is 0 Å². The number of imide groups is 2. The van der Waals surface area contributed by atoms with Crippen LogP contribution < -0.4 is 10.6 Å². The Balaban J connectivity index is 1.36. The number of carbonyl (C=O) groups is 4. The molecule has 4 amide bonds. The van der Waals surface area contributed by atoms with Crippen LogP contribution in [0.2, 0.25) is 0 Å². The van der Waals surface area contributed by atoms with Gasteiger partial charge in [0.05, 0.1) is 21.7 Å². The first kappa shape index (κ1) is 27.8. The molecule has 5 rings (SSSR count). The summed E-state index contributed by atoms with van der Waals surface area (Å²) in [5.74, 6) is 0.0964. The fraction of sp³-hybridized carbons (Fsp3) is 0.875. The van der Waals surface area contributed by atoms with Gasteiger partial charge >= 0.3 is 0 Å². The Bertz CT molecular complexity index is 993. The average molecular weight is 527 g/mol. The van der Waals surface area contributed by atoms with E-state index in [0.29, 0.717) is 0 Å². The number of amides is 4. The van der Waals surface area contributed by atoms with E-state index < -0.39 is 21.7 Å². The summed E-state index contributed by atoms with van der Waals surface area (Å²) in [7, 11) is 0. The third-order valence-electron chi connectivity index (χ3n) is 13.0. The van der Waals surface area contributed by atoms with Gasteiger partial charge in [-0.05, 0) is 83.5 Å². The molecule has 6 heteroatoms.